The normalized spacial score (nSPS) is 14.9. The number of nitrogens with zero attached hydrogens (tertiary/aromatic N) is 2. The lowest BCUT2D eigenvalue weighted by Gasteiger charge is -2.14. The zero-order valence-corrected chi connectivity index (χ0v) is 20.4. The van der Waals surface area contributed by atoms with Gasteiger partial charge in [-0.15, -0.1) is 0 Å². The number of nitro benzene ring substituents is 1. The summed E-state index contributed by atoms with van der Waals surface area (Å²) in [5.41, 5.74) is 0.578. The highest BCUT2D eigenvalue weighted by molar-refractivity contribution is 8.27. The number of thioether (sulfide) groups is 1. The van der Waals surface area contributed by atoms with Crippen molar-refractivity contribution in [2.45, 2.75) is 4.90 Å². The van der Waals surface area contributed by atoms with Gasteiger partial charge < -0.3 is 8.92 Å². The third kappa shape index (κ3) is 5.04. The summed E-state index contributed by atoms with van der Waals surface area (Å²) in [5.74, 6) is -0.399. The Balaban J connectivity index is 1.62. The molecular formula is C23H16N2O7S3. The van der Waals surface area contributed by atoms with Gasteiger partial charge in [-0.25, -0.2) is 0 Å². The summed E-state index contributed by atoms with van der Waals surface area (Å²) in [4.78, 5) is 24.6. The molecule has 1 amide bonds. The summed E-state index contributed by atoms with van der Waals surface area (Å²) in [6, 6.07) is 18.2. The Kier molecular flexibility index (Phi) is 6.87. The molecule has 12 heteroatoms. The van der Waals surface area contributed by atoms with E-state index in [4.69, 9.17) is 21.1 Å². The zero-order valence-electron chi connectivity index (χ0n) is 18.0. The van der Waals surface area contributed by atoms with Crippen LogP contribution in [-0.4, -0.2) is 30.7 Å². The fourth-order valence-electron chi connectivity index (χ4n) is 3.24. The topological polar surface area (TPSA) is 116 Å². The second-order valence-corrected chi connectivity index (χ2v) is 10.2. The van der Waals surface area contributed by atoms with Crippen LogP contribution in [0.15, 0.2) is 82.6 Å². The molecule has 178 valence electrons. The number of ether oxygens (including phenoxy) is 1. The fourth-order valence-corrected chi connectivity index (χ4v) is 5.65. The molecule has 35 heavy (non-hydrogen) atoms. The lowest BCUT2D eigenvalue weighted by molar-refractivity contribution is -0.387. The SMILES string of the molecule is COc1cc(/C=C2/SC(=S)N(c3ccccc3)C2=O)ccc1OS(=O)(=O)c1ccccc1[N+](=O)[O-]. The number of benzene rings is 3. The van der Waals surface area contributed by atoms with Crippen LogP contribution in [0.1, 0.15) is 5.56 Å². The molecule has 0 radical (unpaired) electrons. The summed E-state index contributed by atoms with van der Waals surface area (Å²) in [6.07, 6.45) is 1.60. The van der Waals surface area contributed by atoms with Gasteiger partial charge in [0.05, 0.1) is 22.6 Å². The number of carbonyl (C=O) groups excluding carboxylic acids is 1. The van der Waals surface area contributed by atoms with Crippen LogP contribution in [0.4, 0.5) is 11.4 Å². The van der Waals surface area contributed by atoms with Gasteiger partial charge in [0.15, 0.2) is 20.7 Å². The maximum absolute atomic E-state index is 12.9. The Bertz CT molecular complexity index is 1470. The number of methoxy groups -OCH3 is 1. The molecule has 1 aliphatic heterocycles. The van der Waals surface area contributed by atoms with Crippen LogP contribution in [0.5, 0.6) is 11.5 Å². The van der Waals surface area contributed by atoms with E-state index in [9.17, 15) is 23.3 Å². The van der Waals surface area contributed by atoms with Crippen molar-refractivity contribution in [2.24, 2.45) is 0 Å². The van der Waals surface area contributed by atoms with E-state index in [1.54, 1.807) is 30.3 Å². The number of thiocarbonyl (C=S) groups is 1. The van der Waals surface area contributed by atoms with Crippen molar-refractivity contribution in [3.05, 3.63) is 93.4 Å². The summed E-state index contributed by atoms with van der Waals surface area (Å²) in [7, 11) is -3.21. The van der Waals surface area contributed by atoms with Crippen molar-refractivity contribution in [1.82, 2.24) is 0 Å². The lowest BCUT2D eigenvalue weighted by atomic mass is 10.2. The number of para-hydroxylation sites is 2. The summed E-state index contributed by atoms with van der Waals surface area (Å²) < 4.78 is 36.3. The molecule has 9 nitrogen and oxygen atoms in total. The maximum atomic E-state index is 12.9. The monoisotopic (exact) mass is 528 g/mol. The minimum atomic E-state index is -4.53. The first kappa shape index (κ1) is 24.4. The number of nitro groups is 1. The van der Waals surface area contributed by atoms with Gasteiger partial charge in [-0.05, 0) is 42.0 Å². The van der Waals surface area contributed by atoms with Gasteiger partial charge in [-0.3, -0.25) is 19.8 Å². The minimum Gasteiger partial charge on any atom is -0.493 e. The number of hydrogen-bond acceptors (Lipinski definition) is 9. The van der Waals surface area contributed by atoms with Gasteiger partial charge in [0.25, 0.3) is 11.6 Å². The molecule has 1 fully saturated rings. The summed E-state index contributed by atoms with van der Waals surface area (Å²) in [6.45, 7) is 0. The van der Waals surface area contributed by atoms with Gasteiger partial charge in [-0.1, -0.05) is 60.4 Å². The van der Waals surface area contributed by atoms with Crippen molar-refractivity contribution >= 4 is 61.8 Å². The molecule has 0 bridgehead atoms. The van der Waals surface area contributed by atoms with Gasteiger partial charge in [-0.2, -0.15) is 8.42 Å². The molecule has 1 heterocycles. The average molecular weight is 529 g/mol. The zero-order chi connectivity index (χ0) is 25.2. The Labute approximate surface area is 210 Å². The quantitative estimate of drug-likeness (QED) is 0.140. The van der Waals surface area contributed by atoms with Crippen LogP contribution in [0.25, 0.3) is 6.08 Å². The van der Waals surface area contributed by atoms with E-state index < -0.39 is 25.6 Å². The highest BCUT2D eigenvalue weighted by atomic mass is 32.2. The smallest absolute Gasteiger partial charge is 0.346 e. The molecule has 0 aromatic heterocycles. The van der Waals surface area contributed by atoms with Crippen molar-refractivity contribution in [3.8, 4) is 11.5 Å². The van der Waals surface area contributed by atoms with Gasteiger partial charge >= 0.3 is 10.1 Å². The summed E-state index contributed by atoms with van der Waals surface area (Å²) >= 11 is 6.50. The second-order valence-electron chi connectivity index (χ2n) is 7.03. The highest BCUT2D eigenvalue weighted by Crippen LogP contribution is 2.38. The average Bonchev–Trinajstić information content (AvgIpc) is 3.12. The largest absolute Gasteiger partial charge is 0.493 e. The van der Waals surface area contributed by atoms with Crippen LogP contribution >= 0.6 is 24.0 Å². The third-order valence-corrected chi connectivity index (χ3v) is 7.41. The van der Waals surface area contributed by atoms with E-state index in [0.717, 1.165) is 23.9 Å². The number of carbonyl (C=O) groups is 1. The Morgan fingerprint density at radius 3 is 2.40 bits per heavy atom. The molecule has 0 N–H and O–H groups in total. The fraction of sp³-hybridized carbons (Fsp3) is 0.0435. The first-order valence-electron chi connectivity index (χ1n) is 9.90. The predicted molar refractivity (Wildman–Crippen MR) is 136 cm³/mol. The lowest BCUT2D eigenvalue weighted by Crippen LogP contribution is -2.27. The Morgan fingerprint density at radius 2 is 1.71 bits per heavy atom. The van der Waals surface area contributed by atoms with Crippen LogP contribution < -0.4 is 13.8 Å². The molecule has 3 aromatic rings. The van der Waals surface area contributed by atoms with Crippen molar-refractivity contribution in [3.63, 3.8) is 0 Å². The molecule has 0 unspecified atom stereocenters. The number of hydrogen-bond donors (Lipinski definition) is 0. The molecule has 3 aromatic carbocycles. The van der Waals surface area contributed by atoms with Gasteiger partial charge in [0, 0.05) is 6.07 Å². The molecule has 4 rings (SSSR count). The number of anilines is 1. The van der Waals surface area contributed by atoms with E-state index in [0.29, 0.717) is 20.5 Å². The predicted octanol–water partition coefficient (Wildman–Crippen LogP) is 4.78. The van der Waals surface area contributed by atoms with Crippen molar-refractivity contribution in [2.75, 3.05) is 12.0 Å². The maximum Gasteiger partial charge on any atom is 0.346 e. The Morgan fingerprint density at radius 1 is 1.03 bits per heavy atom. The molecule has 1 aliphatic rings. The summed E-state index contributed by atoms with van der Waals surface area (Å²) in [5, 5.41) is 11.2. The molecule has 0 atom stereocenters. The van der Waals surface area contributed by atoms with E-state index in [1.165, 1.54) is 42.3 Å². The van der Waals surface area contributed by atoms with Gasteiger partial charge in [0.1, 0.15) is 0 Å². The first-order valence-corrected chi connectivity index (χ1v) is 12.5. The second kappa shape index (κ2) is 9.86. The van der Waals surface area contributed by atoms with E-state index in [-0.39, 0.29) is 17.4 Å². The van der Waals surface area contributed by atoms with Gasteiger partial charge in [0.2, 0.25) is 0 Å². The molecule has 1 saturated heterocycles. The molecule has 0 aliphatic carbocycles. The van der Waals surface area contributed by atoms with Crippen molar-refractivity contribution < 1.29 is 27.1 Å². The van der Waals surface area contributed by atoms with E-state index in [2.05, 4.69) is 0 Å². The van der Waals surface area contributed by atoms with Crippen molar-refractivity contribution in [1.29, 1.82) is 0 Å². The van der Waals surface area contributed by atoms with Crippen LogP contribution in [0.2, 0.25) is 0 Å². The van der Waals surface area contributed by atoms with Crippen LogP contribution in [0.3, 0.4) is 0 Å². The highest BCUT2D eigenvalue weighted by Gasteiger charge is 2.33. The van der Waals surface area contributed by atoms with Crippen LogP contribution in [0, 0.1) is 10.1 Å². The third-order valence-electron chi connectivity index (χ3n) is 4.82. The number of rotatable bonds is 7. The number of amides is 1. The molecule has 0 spiro atoms. The first-order chi connectivity index (χ1) is 16.7. The minimum absolute atomic E-state index is 0.0550. The van der Waals surface area contributed by atoms with Crippen LogP contribution in [-0.2, 0) is 14.9 Å². The van der Waals surface area contributed by atoms with E-state index >= 15 is 0 Å². The Hall–Kier alpha value is -3.74. The molecular weight excluding hydrogens is 512 g/mol. The van der Waals surface area contributed by atoms with E-state index in [1.807, 2.05) is 6.07 Å². The molecule has 0 saturated carbocycles. The standard InChI is InChI=1S/C23H16N2O7S3/c1-31-19-13-15(14-20-22(26)24(23(33)34-20)16-7-3-2-4-8-16)11-12-18(19)32-35(29,30)21-10-6-5-9-17(21)25(27)28/h2-14H,1H3/b20-14+.